The summed E-state index contributed by atoms with van der Waals surface area (Å²) in [7, 11) is 0. The lowest BCUT2D eigenvalue weighted by Gasteiger charge is -2.13. The van der Waals surface area contributed by atoms with E-state index in [4.69, 9.17) is 0 Å². The predicted octanol–water partition coefficient (Wildman–Crippen LogP) is 1.56. The first-order chi connectivity index (χ1) is 9.33. The summed E-state index contributed by atoms with van der Waals surface area (Å²) >= 11 is 0. The third-order valence-electron chi connectivity index (χ3n) is 2.77. The van der Waals surface area contributed by atoms with E-state index >= 15 is 0 Å². The van der Waals surface area contributed by atoms with Crippen molar-refractivity contribution >= 4 is 5.69 Å². The molecule has 7 nitrogen and oxygen atoms in total. The summed E-state index contributed by atoms with van der Waals surface area (Å²) in [6.07, 6.45) is 6.60. The zero-order chi connectivity index (χ0) is 13.1. The Morgan fingerprint density at radius 1 is 1.32 bits per heavy atom. The Kier molecular flexibility index (Phi) is 2.93. The molecule has 0 aliphatic heterocycles. The Balaban J connectivity index is 1.73. The van der Waals surface area contributed by atoms with Gasteiger partial charge < -0.3 is 5.32 Å². The monoisotopic (exact) mass is 255 g/mol. The molecule has 0 bridgehead atoms. The number of hydrogen-bond donors (Lipinski definition) is 2. The van der Waals surface area contributed by atoms with Gasteiger partial charge in [0.15, 0.2) is 5.82 Å². The molecule has 0 radical (unpaired) electrons. The Labute approximate surface area is 109 Å². The van der Waals surface area contributed by atoms with Crippen molar-refractivity contribution in [3.8, 4) is 5.82 Å². The molecule has 7 heteroatoms. The van der Waals surface area contributed by atoms with Crippen LogP contribution in [0.3, 0.4) is 0 Å². The van der Waals surface area contributed by atoms with Gasteiger partial charge in [-0.1, -0.05) is 0 Å². The van der Waals surface area contributed by atoms with Crippen LogP contribution in [0.1, 0.15) is 18.7 Å². The average Bonchev–Trinajstić information content (AvgIpc) is 3.13. The summed E-state index contributed by atoms with van der Waals surface area (Å²) in [6.45, 7) is 2.05. The lowest BCUT2D eigenvalue weighted by molar-refractivity contribution is 0.819. The zero-order valence-corrected chi connectivity index (χ0v) is 10.4. The summed E-state index contributed by atoms with van der Waals surface area (Å²) < 4.78 is 1.61. The summed E-state index contributed by atoms with van der Waals surface area (Å²) in [5.74, 6) is 0.734. The third kappa shape index (κ3) is 2.44. The standard InChI is InChI=1S/C12H13N7/c1-9(11-4-5-15-18-11)17-10-2-3-12(14-6-10)19-8-13-7-16-19/h2-9,17H,1H3,(H,15,18). The fourth-order valence-electron chi connectivity index (χ4n) is 1.77. The van der Waals surface area contributed by atoms with E-state index in [0.29, 0.717) is 0 Å². The van der Waals surface area contributed by atoms with Gasteiger partial charge in [0.2, 0.25) is 0 Å². The van der Waals surface area contributed by atoms with Crippen LogP contribution in [-0.2, 0) is 0 Å². The fraction of sp³-hybridized carbons (Fsp3) is 0.167. The molecular weight excluding hydrogens is 242 g/mol. The Morgan fingerprint density at radius 3 is 2.89 bits per heavy atom. The molecule has 2 N–H and O–H groups in total. The molecule has 0 aliphatic rings. The van der Waals surface area contributed by atoms with E-state index < -0.39 is 0 Å². The number of nitrogens with zero attached hydrogens (tertiary/aromatic N) is 5. The smallest absolute Gasteiger partial charge is 0.155 e. The van der Waals surface area contributed by atoms with Crippen molar-refractivity contribution in [1.29, 1.82) is 0 Å². The first-order valence-electron chi connectivity index (χ1n) is 5.90. The SMILES string of the molecule is CC(Nc1ccc(-n2cncn2)nc1)c1ccn[nH]1. The predicted molar refractivity (Wildman–Crippen MR) is 69.8 cm³/mol. The molecule has 96 valence electrons. The first-order valence-corrected chi connectivity index (χ1v) is 5.90. The molecule has 1 atom stereocenters. The molecule has 1 unspecified atom stereocenters. The largest absolute Gasteiger partial charge is 0.376 e. The van der Waals surface area contributed by atoms with Crippen molar-refractivity contribution in [2.75, 3.05) is 5.32 Å². The van der Waals surface area contributed by atoms with Crippen molar-refractivity contribution in [1.82, 2.24) is 29.9 Å². The Hall–Kier alpha value is -2.70. The molecule has 0 aromatic carbocycles. The second kappa shape index (κ2) is 4.89. The topological polar surface area (TPSA) is 84.3 Å². The van der Waals surface area contributed by atoms with E-state index in [9.17, 15) is 0 Å². The van der Waals surface area contributed by atoms with E-state index in [1.54, 1.807) is 23.4 Å². The maximum Gasteiger partial charge on any atom is 0.155 e. The van der Waals surface area contributed by atoms with Crippen LogP contribution in [0, 0.1) is 0 Å². The summed E-state index contributed by atoms with van der Waals surface area (Å²) in [5.41, 5.74) is 1.96. The van der Waals surface area contributed by atoms with Crippen LogP contribution in [0.25, 0.3) is 5.82 Å². The lowest BCUT2D eigenvalue weighted by Crippen LogP contribution is -2.08. The molecule has 0 fully saturated rings. The van der Waals surface area contributed by atoms with Gasteiger partial charge >= 0.3 is 0 Å². The molecule has 0 saturated carbocycles. The second-order valence-electron chi connectivity index (χ2n) is 4.12. The summed E-state index contributed by atoms with van der Waals surface area (Å²) in [6, 6.07) is 5.92. The minimum Gasteiger partial charge on any atom is -0.376 e. The van der Waals surface area contributed by atoms with E-state index in [-0.39, 0.29) is 6.04 Å². The van der Waals surface area contributed by atoms with Gasteiger partial charge in [0.05, 0.1) is 23.6 Å². The molecule has 0 aliphatic carbocycles. The van der Waals surface area contributed by atoms with Gasteiger partial charge in [0.25, 0.3) is 0 Å². The van der Waals surface area contributed by atoms with E-state index in [2.05, 4.69) is 37.5 Å². The highest BCUT2D eigenvalue weighted by Gasteiger charge is 2.06. The number of anilines is 1. The molecule has 3 rings (SSSR count). The quantitative estimate of drug-likeness (QED) is 0.739. The van der Waals surface area contributed by atoms with Crippen LogP contribution < -0.4 is 5.32 Å². The maximum atomic E-state index is 4.33. The number of rotatable bonds is 4. The molecular formula is C12H13N7. The van der Waals surface area contributed by atoms with Gasteiger partial charge in [0, 0.05) is 6.20 Å². The average molecular weight is 255 g/mol. The van der Waals surface area contributed by atoms with Crippen LogP contribution in [0.4, 0.5) is 5.69 Å². The number of hydrogen-bond acceptors (Lipinski definition) is 5. The van der Waals surface area contributed by atoms with Gasteiger partial charge in [0.1, 0.15) is 12.7 Å². The van der Waals surface area contributed by atoms with Crippen molar-refractivity contribution in [2.45, 2.75) is 13.0 Å². The first kappa shape index (κ1) is 11.4. The van der Waals surface area contributed by atoms with Gasteiger partial charge in [-0.25, -0.2) is 14.6 Å². The normalized spacial score (nSPS) is 12.3. The molecule has 0 spiro atoms. The molecule has 3 aromatic heterocycles. The Morgan fingerprint density at radius 2 is 2.26 bits per heavy atom. The van der Waals surface area contributed by atoms with Gasteiger partial charge in [-0.05, 0) is 25.1 Å². The number of nitrogens with one attached hydrogen (secondary N) is 2. The highest BCUT2D eigenvalue weighted by atomic mass is 15.3. The molecule has 3 aromatic rings. The number of aromatic amines is 1. The van der Waals surface area contributed by atoms with Crippen LogP contribution in [-0.4, -0.2) is 29.9 Å². The molecule has 3 heterocycles. The van der Waals surface area contributed by atoms with Crippen molar-refractivity contribution < 1.29 is 0 Å². The van der Waals surface area contributed by atoms with E-state index in [0.717, 1.165) is 17.2 Å². The maximum absolute atomic E-state index is 4.33. The molecule has 0 saturated heterocycles. The molecule has 19 heavy (non-hydrogen) atoms. The minimum atomic E-state index is 0.140. The summed E-state index contributed by atoms with van der Waals surface area (Å²) in [4.78, 5) is 8.22. The van der Waals surface area contributed by atoms with Crippen LogP contribution >= 0.6 is 0 Å². The van der Waals surface area contributed by atoms with Gasteiger partial charge in [-0.3, -0.25) is 5.10 Å². The highest BCUT2D eigenvalue weighted by Crippen LogP contribution is 2.17. The van der Waals surface area contributed by atoms with E-state index in [1.807, 2.05) is 18.2 Å². The van der Waals surface area contributed by atoms with Gasteiger partial charge in [-0.2, -0.15) is 10.2 Å². The minimum absolute atomic E-state index is 0.140. The van der Waals surface area contributed by atoms with Crippen molar-refractivity contribution in [3.63, 3.8) is 0 Å². The number of pyridine rings is 1. The van der Waals surface area contributed by atoms with Crippen molar-refractivity contribution in [3.05, 3.63) is 48.9 Å². The fourth-order valence-corrected chi connectivity index (χ4v) is 1.77. The van der Waals surface area contributed by atoms with E-state index in [1.165, 1.54) is 6.33 Å². The number of H-pyrrole nitrogens is 1. The Bertz CT molecular complexity index is 613. The molecule has 0 amide bonds. The van der Waals surface area contributed by atoms with Crippen LogP contribution in [0.15, 0.2) is 43.2 Å². The van der Waals surface area contributed by atoms with Crippen molar-refractivity contribution in [2.24, 2.45) is 0 Å². The van der Waals surface area contributed by atoms with Crippen LogP contribution in [0.5, 0.6) is 0 Å². The third-order valence-corrected chi connectivity index (χ3v) is 2.77. The van der Waals surface area contributed by atoms with Gasteiger partial charge in [-0.15, -0.1) is 0 Å². The summed E-state index contributed by atoms with van der Waals surface area (Å²) in [5, 5.41) is 14.2. The number of aromatic nitrogens is 6. The lowest BCUT2D eigenvalue weighted by atomic mass is 10.2. The second-order valence-corrected chi connectivity index (χ2v) is 4.12. The van der Waals surface area contributed by atoms with Crippen LogP contribution in [0.2, 0.25) is 0 Å². The highest BCUT2D eigenvalue weighted by molar-refractivity contribution is 5.44. The zero-order valence-electron chi connectivity index (χ0n) is 10.4.